The van der Waals surface area contributed by atoms with Gasteiger partial charge in [0.1, 0.15) is 17.3 Å². The van der Waals surface area contributed by atoms with Gasteiger partial charge in [-0.3, -0.25) is 9.78 Å². The van der Waals surface area contributed by atoms with E-state index in [0.717, 1.165) is 13.0 Å². The molecule has 0 spiro atoms. The molecule has 1 saturated heterocycles. The van der Waals surface area contributed by atoms with Gasteiger partial charge in [0, 0.05) is 38.8 Å². The van der Waals surface area contributed by atoms with Crippen LogP contribution in [-0.2, 0) is 20.9 Å². The molecule has 1 amide bonds. The van der Waals surface area contributed by atoms with Crippen molar-refractivity contribution < 1.29 is 22.7 Å². The molecule has 0 aromatic carbocycles. The summed E-state index contributed by atoms with van der Waals surface area (Å²) < 4.78 is 48.6. The van der Waals surface area contributed by atoms with E-state index in [1.165, 1.54) is 23.1 Å². The van der Waals surface area contributed by atoms with Gasteiger partial charge in [0.2, 0.25) is 5.91 Å². The van der Waals surface area contributed by atoms with Gasteiger partial charge < -0.3 is 15.4 Å². The molecule has 1 aliphatic heterocycles. The lowest BCUT2D eigenvalue weighted by Crippen LogP contribution is -2.36. The fourth-order valence-corrected chi connectivity index (χ4v) is 3.96. The topological polar surface area (TPSA) is 112 Å². The molecule has 5 rings (SSSR count). The summed E-state index contributed by atoms with van der Waals surface area (Å²) in [7, 11) is 0. The maximum atomic E-state index is 14.2. The third-order valence-corrected chi connectivity index (χ3v) is 5.91. The molecule has 2 unspecified atom stereocenters. The van der Waals surface area contributed by atoms with E-state index in [0.29, 0.717) is 43.0 Å². The average Bonchev–Trinajstić information content (AvgIpc) is 3.33. The second-order valence-corrected chi connectivity index (χ2v) is 8.06. The molecule has 32 heavy (non-hydrogen) atoms. The first-order valence-electron chi connectivity index (χ1n) is 10.1. The number of carbonyl (C=O) groups excluding carboxylic acids is 1. The lowest BCUT2D eigenvalue weighted by molar-refractivity contribution is -0.120. The lowest BCUT2D eigenvalue weighted by atomic mass is 10.00. The number of rotatable bonds is 5. The number of nitrogens with zero attached hydrogens (tertiary/aromatic N) is 6. The number of fused-ring (bicyclic) bond motifs is 1. The fraction of sp³-hybridized carbons (Fsp3) is 0.450. The highest BCUT2D eigenvalue weighted by molar-refractivity contribution is 5.95. The number of aromatic nitrogens is 5. The van der Waals surface area contributed by atoms with Gasteiger partial charge in [-0.05, 0) is 12.1 Å². The van der Waals surface area contributed by atoms with Gasteiger partial charge in [-0.2, -0.15) is 13.5 Å². The van der Waals surface area contributed by atoms with E-state index < -0.39 is 29.1 Å². The van der Waals surface area contributed by atoms with Crippen molar-refractivity contribution in [2.45, 2.75) is 30.9 Å². The Bertz CT molecular complexity index is 1210. The van der Waals surface area contributed by atoms with E-state index in [9.17, 15) is 18.0 Å². The van der Waals surface area contributed by atoms with Gasteiger partial charge in [0.25, 0.3) is 11.9 Å². The van der Waals surface area contributed by atoms with Gasteiger partial charge in [0.15, 0.2) is 5.82 Å². The zero-order valence-corrected chi connectivity index (χ0v) is 17.1. The van der Waals surface area contributed by atoms with Gasteiger partial charge in [-0.25, -0.2) is 14.4 Å². The summed E-state index contributed by atoms with van der Waals surface area (Å²) >= 11 is 0. The van der Waals surface area contributed by atoms with Crippen LogP contribution in [0.3, 0.4) is 0 Å². The molecular weight excluding hydrogens is 427 g/mol. The number of primary amides is 1. The van der Waals surface area contributed by atoms with E-state index in [4.69, 9.17) is 10.5 Å². The Kier molecular flexibility index (Phi) is 4.59. The van der Waals surface area contributed by atoms with Crippen molar-refractivity contribution in [2.24, 2.45) is 5.73 Å². The number of pyridine rings is 1. The molecule has 2 N–H and O–H groups in total. The van der Waals surface area contributed by atoms with Crippen LogP contribution in [0.2, 0.25) is 0 Å². The Balaban J connectivity index is 1.70. The summed E-state index contributed by atoms with van der Waals surface area (Å²) in [6, 6.07) is 2.64. The Morgan fingerprint density at radius 2 is 2.03 bits per heavy atom. The molecule has 1 saturated carbocycles. The lowest BCUT2D eigenvalue weighted by Gasteiger charge is -2.26. The fourth-order valence-electron chi connectivity index (χ4n) is 3.96. The summed E-state index contributed by atoms with van der Waals surface area (Å²) in [4.78, 5) is 26.4. The number of hydrogen-bond donors (Lipinski definition) is 1. The van der Waals surface area contributed by atoms with Crippen LogP contribution < -0.4 is 10.6 Å². The van der Waals surface area contributed by atoms with Gasteiger partial charge in [-0.1, -0.05) is 0 Å². The van der Waals surface area contributed by atoms with E-state index >= 15 is 0 Å². The zero-order valence-electron chi connectivity index (χ0n) is 17.1. The highest BCUT2D eigenvalue weighted by Gasteiger charge is 2.63. The first-order valence-corrected chi connectivity index (χ1v) is 10.1. The van der Waals surface area contributed by atoms with E-state index in [1.54, 1.807) is 0 Å². The smallest absolute Gasteiger partial charge is 0.287 e. The summed E-state index contributed by atoms with van der Waals surface area (Å²) in [6.07, 6.45) is 1.23. The number of carbonyl (C=O) groups is 1. The number of nitrogens with two attached hydrogens (primary N) is 1. The van der Waals surface area contributed by atoms with Crippen LogP contribution in [-0.4, -0.2) is 63.1 Å². The molecule has 12 heteroatoms. The first-order chi connectivity index (χ1) is 15.2. The van der Waals surface area contributed by atoms with Gasteiger partial charge >= 0.3 is 0 Å². The molecule has 2 aliphatic rings. The van der Waals surface area contributed by atoms with Crippen molar-refractivity contribution in [1.29, 1.82) is 0 Å². The number of hydrogen-bond acceptors (Lipinski definition) is 7. The third-order valence-electron chi connectivity index (χ3n) is 5.91. The molecule has 4 heterocycles. The van der Waals surface area contributed by atoms with Crippen LogP contribution in [0.15, 0.2) is 24.5 Å². The van der Waals surface area contributed by atoms with Crippen LogP contribution in [0.1, 0.15) is 24.7 Å². The van der Waals surface area contributed by atoms with Crippen molar-refractivity contribution in [3.8, 4) is 5.95 Å². The highest BCUT2D eigenvalue weighted by atomic mass is 19.3. The third kappa shape index (κ3) is 3.17. The van der Waals surface area contributed by atoms with Crippen molar-refractivity contribution in [1.82, 2.24) is 24.7 Å². The Labute approximate surface area is 180 Å². The summed E-state index contributed by atoms with van der Waals surface area (Å²) in [5, 5.41) is 5.17. The number of anilines is 1. The summed E-state index contributed by atoms with van der Waals surface area (Å²) in [5.74, 6) is -3.52. The summed E-state index contributed by atoms with van der Waals surface area (Å²) in [6.45, 7) is 2.89. The van der Waals surface area contributed by atoms with Crippen LogP contribution in [0.25, 0.3) is 16.9 Å². The Morgan fingerprint density at radius 1 is 1.31 bits per heavy atom. The van der Waals surface area contributed by atoms with Crippen molar-refractivity contribution in [2.75, 3.05) is 31.2 Å². The van der Waals surface area contributed by atoms with Crippen LogP contribution in [0.5, 0.6) is 0 Å². The zero-order chi connectivity index (χ0) is 22.7. The van der Waals surface area contributed by atoms with E-state index in [2.05, 4.69) is 20.1 Å². The molecule has 1 aliphatic carbocycles. The number of halogens is 3. The van der Waals surface area contributed by atoms with Crippen molar-refractivity contribution in [3.63, 3.8) is 0 Å². The van der Waals surface area contributed by atoms with E-state index in [-0.39, 0.29) is 18.1 Å². The number of morpholine rings is 1. The van der Waals surface area contributed by atoms with Gasteiger partial charge in [-0.15, -0.1) is 5.10 Å². The van der Waals surface area contributed by atoms with Crippen molar-refractivity contribution >= 4 is 22.6 Å². The summed E-state index contributed by atoms with van der Waals surface area (Å²) in [5.41, 5.74) is 4.08. The highest BCUT2D eigenvalue weighted by Crippen LogP contribution is 2.50. The number of ether oxygens (including phenoxy) is 1. The van der Waals surface area contributed by atoms with Crippen LogP contribution in [0, 0.1) is 0 Å². The molecule has 2 atom stereocenters. The predicted molar refractivity (Wildman–Crippen MR) is 107 cm³/mol. The first kappa shape index (κ1) is 20.6. The predicted octanol–water partition coefficient (Wildman–Crippen LogP) is 1.62. The van der Waals surface area contributed by atoms with E-state index in [1.807, 2.05) is 4.90 Å². The second-order valence-electron chi connectivity index (χ2n) is 8.06. The standard InChI is InChI=1S/C20H20F3N7O2/c1-19(22,23)14-2-3-25-18(27-14)30-12-8-15(20(17(24)31)9-13(20)21)26-10-11(12)16(28-30)29-4-6-32-7-5-29/h2-3,8,10,13H,4-7,9H2,1H3,(H2,24,31). The molecule has 0 bridgehead atoms. The Hall–Kier alpha value is -3.28. The minimum atomic E-state index is -3.17. The Morgan fingerprint density at radius 3 is 2.66 bits per heavy atom. The van der Waals surface area contributed by atoms with Gasteiger partial charge in [0.05, 0.1) is 29.8 Å². The number of alkyl halides is 3. The largest absolute Gasteiger partial charge is 0.378 e. The molecule has 9 nitrogen and oxygen atoms in total. The maximum Gasteiger partial charge on any atom is 0.287 e. The quantitative estimate of drug-likeness (QED) is 0.633. The van der Waals surface area contributed by atoms with Crippen molar-refractivity contribution in [3.05, 3.63) is 35.9 Å². The number of amides is 1. The van der Waals surface area contributed by atoms with Crippen LogP contribution in [0.4, 0.5) is 19.0 Å². The monoisotopic (exact) mass is 447 g/mol. The normalized spacial score (nSPS) is 23.5. The minimum absolute atomic E-state index is 0.0562. The molecule has 3 aromatic heterocycles. The molecule has 2 fully saturated rings. The average molecular weight is 447 g/mol. The second kappa shape index (κ2) is 7.12. The molecule has 3 aromatic rings. The SMILES string of the molecule is CC(F)(F)c1ccnc(-n2nc(N3CCOCC3)c3cnc(C4(C(N)=O)CC4F)cc32)n1. The van der Waals surface area contributed by atoms with Crippen LogP contribution >= 0.6 is 0 Å². The molecule has 168 valence electrons. The maximum absolute atomic E-state index is 14.2. The molecular formula is C20H20F3N7O2. The minimum Gasteiger partial charge on any atom is -0.378 e. The molecule has 0 radical (unpaired) electrons.